The number of amides is 2. The lowest BCUT2D eigenvalue weighted by Crippen LogP contribution is -2.53. The molecule has 0 fully saturated rings. The molecule has 4 rings (SSSR count). The Kier molecular flexibility index (Phi) is 7.53. The van der Waals surface area contributed by atoms with Gasteiger partial charge in [-0.15, -0.1) is 0 Å². The van der Waals surface area contributed by atoms with E-state index in [1.165, 1.54) is 0 Å². The number of fused-ring (bicyclic) bond motifs is 3. The smallest absolute Gasteiger partial charge is 0.407 e. The van der Waals surface area contributed by atoms with Crippen molar-refractivity contribution in [1.82, 2.24) is 10.6 Å². The molecule has 1 aliphatic rings. The minimum absolute atomic E-state index is 0.0679. The Bertz CT molecular complexity index is 1220. The maximum absolute atomic E-state index is 13.0. The number of rotatable bonds is 8. The molecule has 0 unspecified atom stereocenters. The summed E-state index contributed by atoms with van der Waals surface area (Å²) in [7, 11) is 0. The summed E-state index contributed by atoms with van der Waals surface area (Å²) in [6.45, 7) is 7.42. The summed E-state index contributed by atoms with van der Waals surface area (Å²) in [6, 6.07) is 21.9. The Morgan fingerprint density at radius 1 is 0.806 bits per heavy atom. The minimum atomic E-state index is -0.839. The largest absolute Gasteiger partial charge is 0.449 e. The number of benzene rings is 3. The zero-order valence-electron chi connectivity index (χ0n) is 21.1. The molecule has 0 aromatic heterocycles. The second-order valence-electron chi connectivity index (χ2n) is 9.65. The number of hydrogen-bond donors (Lipinski definition) is 2. The fourth-order valence-corrected chi connectivity index (χ4v) is 4.64. The molecule has 0 aliphatic heterocycles. The van der Waals surface area contributed by atoms with Crippen molar-refractivity contribution in [3.05, 3.63) is 95.1 Å². The molecule has 36 heavy (non-hydrogen) atoms. The Morgan fingerprint density at radius 2 is 1.36 bits per heavy atom. The van der Waals surface area contributed by atoms with Crippen LogP contribution in [0.3, 0.4) is 0 Å². The maximum Gasteiger partial charge on any atom is 0.407 e. The summed E-state index contributed by atoms with van der Waals surface area (Å²) in [5, 5.41) is 5.44. The summed E-state index contributed by atoms with van der Waals surface area (Å²) in [6.07, 6.45) is -0.664. The molecule has 6 nitrogen and oxygen atoms in total. The molecule has 3 aromatic rings. The van der Waals surface area contributed by atoms with Gasteiger partial charge in [0.25, 0.3) is 0 Å². The Morgan fingerprint density at radius 3 is 1.92 bits per heavy atom. The van der Waals surface area contributed by atoms with Gasteiger partial charge in [-0.3, -0.25) is 9.59 Å². The van der Waals surface area contributed by atoms with E-state index in [-0.39, 0.29) is 24.2 Å². The number of alkyl carbamates (subject to hydrolysis) is 1. The summed E-state index contributed by atoms with van der Waals surface area (Å²) >= 11 is 0. The van der Waals surface area contributed by atoms with Gasteiger partial charge in [0.1, 0.15) is 12.6 Å². The Hall–Kier alpha value is -3.93. The first-order chi connectivity index (χ1) is 17.3. The topological polar surface area (TPSA) is 84.5 Å². The zero-order valence-corrected chi connectivity index (χ0v) is 21.1. The lowest BCUT2D eigenvalue weighted by atomic mass is 9.98. The van der Waals surface area contributed by atoms with E-state index in [2.05, 4.69) is 34.9 Å². The quantitative estimate of drug-likeness (QED) is 0.428. The third kappa shape index (κ3) is 5.33. The van der Waals surface area contributed by atoms with Crippen LogP contribution in [-0.4, -0.2) is 36.5 Å². The van der Waals surface area contributed by atoms with Gasteiger partial charge in [0.2, 0.25) is 5.91 Å². The fourth-order valence-electron chi connectivity index (χ4n) is 4.64. The van der Waals surface area contributed by atoms with E-state index >= 15 is 0 Å². The van der Waals surface area contributed by atoms with Crippen LogP contribution >= 0.6 is 0 Å². The Labute approximate surface area is 212 Å². The second-order valence-corrected chi connectivity index (χ2v) is 9.65. The van der Waals surface area contributed by atoms with Gasteiger partial charge in [-0.25, -0.2) is 4.79 Å². The molecule has 186 valence electrons. The van der Waals surface area contributed by atoms with E-state index in [4.69, 9.17) is 4.74 Å². The number of nitrogens with one attached hydrogen (secondary N) is 2. The lowest BCUT2D eigenvalue weighted by molar-refractivity contribution is -0.124. The van der Waals surface area contributed by atoms with Crippen LogP contribution < -0.4 is 10.6 Å². The number of ether oxygens (including phenoxy) is 1. The highest BCUT2D eigenvalue weighted by Gasteiger charge is 2.31. The highest BCUT2D eigenvalue weighted by atomic mass is 16.5. The fraction of sp³-hybridized carbons (Fsp3) is 0.300. The van der Waals surface area contributed by atoms with Crippen molar-refractivity contribution < 1.29 is 19.1 Å². The van der Waals surface area contributed by atoms with Crippen LogP contribution in [0.25, 0.3) is 11.1 Å². The maximum atomic E-state index is 13.0. The van der Waals surface area contributed by atoms with Crippen molar-refractivity contribution in [1.29, 1.82) is 0 Å². The molecule has 2 amide bonds. The monoisotopic (exact) mass is 484 g/mol. The van der Waals surface area contributed by atoms with E-state index in [9.17, 15) is 14.4 Å². The SMILES string of the molecule is Cc1ccc(C(=O)[C@H](C)NC(=O)[C@@H](NC(=O)OCC2c3ccccc3-c3ccccc32)C(C)C)cc1. The van der Waals surface area contributed by atoms with E-state index < -0.39 is 24.1 Å². The predicted molar refractivity (Wildman–Crippen MR) is 140 cm³/mol. The number of ketones is 1. The molecule has 0 heterocycles. The lowest BCUT2D eigenvalue weighted by Gasteiger charge is -2.24. The highest BCUT2D eigenvalue weighted by Crippen LogP contribution is 2.44. The normalized spacial score (nSPS) is 13.9. The van der Waals surface area contributed by atoms with Crippen LogP contribution in [0, 0.1) is 12.8 Å². The van der Waals surface area contributed by atoms with Gasteiger partial charge in [-0.1, -0.05) is 92.2 Å². The van der Waals surface area contributed by atoms with Gasteiger partial charge in [0, 0.05) is 11.5 Å². The van der Waals surface area contributed by atoms with Gasteiger partial charge in [0.15, 0.2) is 5.78 Å². The highest BCUT2D eigenvalue weighted by molar-refractivity contribution is 6.02. The molecular formula is C30H32N2O4. The first-order valence-electron chi connectivity index (χ1n) is 12.3. The van der Waals surface area contributed by atoms with Crippen LogP contribution in [0.5, 0.6) is 0 Å². The van der Waals surface area contributed by atoms with Crippen molar-refractivity contribution >= 4 is 17.8 Å². The number of hydrogen-bond acceptors (Lipinski definition) is 4. The van der Waals surface area contributed by atoms with E-state index in [1.54, 1.807) is 19.1 Å². The van der Waals surface area contributed by atoms with Crippen molar-refractivity contribution in [2.75, 3.05) is 6.61 Å². The first kappa shape index (κ1) is 25.2. The van der Waals surface area contributed by atoms with E-state index in [0.29, 0.717) is 5.56 Å². The average Bonchev–Trinajstić information content (AvgIpc) is 3.19. The zero-order chi connectivity index (χ0) is 25.8. The number of aryl methyl sites for hydroxylation is 1. The standard InChI is InChI=1S/C30H32N2O4/c1-18(2)27(29(34)31-20(4)28(33)21-15-13-19(3)14-16-21)32-30(35)36-17-26-24-11-7-5-9-22(24)23-10-6-8-12-25(23)26/h5-16,18,20,26-27H,17H2,1-4H3,(H,31,34)(H,32,35)/t20-,27-/m0/s1. The number of carbonyl (C=O) groups is 3. The molecule has 1 aliphatic carbocycles. The van der Waals surface area contributed by atoms with E-state index in [1.807, 2.05) is 57.2 Å². The van der Waals surface area contributed by atoms with Crippen LogP contribution in [0.1, 0.15) is 53.7 Å². The molecule has 3 aromatic carbocycles. The molecule has 0 bridgehead atoms. The van der Waals surface area contributed by atoms with E-state index in [0.717, 1.165) is 27.8 Å². The van der Waals surface area contributed by atoms with Gasteiger partial charge in [-0.2, -0.15) is 0 Å². The predicted octanol–water partition coefficient (Wildman–Crippen LogP) is 5.25. The number of carbonyl (C=O) groups excluding carboxylic acids is 3. The second kappa shape index (κ2) is 10.8. The summed E-state index contributed by atoms with van der Waals surface area (Å²) in [5.74, 6) is -0.882. The molecule has 0 saturated heterocycles. The van der Waals surface area contributed by atoms with Gasteiger partial charge in [-0.05, 0) is 42.0 Å². The van der Waals surface area contributed by atoms with Crippen LogP contribution in [0.4, 0.5) is 4.79 Å². The summed E-state index contributed by atoms with van der Waals surface area (Å²) < 4.78 is 5.61. The minimum Gasteiger partial charge on any atom is -0.449 e. The Balaban J connectivity index is 1.38. The third-order valence-corrected chi connectivity index (χ3v) is 6.65. The molecule has 6 heteroatoms. The van der Waals surface area contributed by atoms with Crippen LogP contribution in [0.15, 0.2) is 72.8 Å². The summed E-state index contributed by atoms with van der Waals surface area (Å²) in [4.78, 5) is 38.4. The molecule has 0 saturated carbocycles. The molecule has 0 radical (unpaired) electrons. The van der Waals surface area contributed by atoms with Crippen molar-refractivity contribution in [3.63, 3.8) is 0 Å². The van der Waals surface area contributed by atoms with Gasteiger partial charge < -0.3 is 15.4 Å². The average molecular weight is 485 g/mol. The van der Waals surface area contributed by atoms with Crippen molar-refractivity contribution in [2.24, 2.45) is 5.92 Å². The molecule has 2 N–H and O–H groups in total. The molecule has 0 spiro atoms. The van der Waals surface area contributed by atoms with Crippen LogP contribution in [0.2, 0.25) is 0 Å². The van der Waals surface area contributed by atoms with Crippen molar-refractivity contribution in [2.45, 2.75) is 45.7 Å². The number of Topliss-reactive ketones (excluding diaryl/α,β-unsaturated/α-hetero) is 1. The van der Waals surface area contributed by atoms with Gasteiger partial charge in [0.05, 0.1) is 6.04 Å². The van der Waals surface area contributed by atoms with Gasteiger partial charge >= 0.3 is 6.09 Å². The summed E-state index contributed by atoms with van der Waals surface area (Å²) in [5.41, 5.74) is 6.11. The third-order valence-electron chi connectivity index (χ3n) is 6.65. The molecule has 2 atom stereocenters. The van der Waals surface area contributed by atoms with Crippen molar-refractivity contribution in [3.8, 4) is 11.1 Å². The molecular weight excluding hydrogens is 452 g/mol. The van der Waals surface area contributed by atoms with Crippen LogP contribution in [-0.2, 0) is 9.53 Å². The first-order valence-corrected chi connectivity index (χ1v) is 12.3.